The van der Waals surface area contributed by atoms with E-state index in [1.54, 1.807) is 0 Å². The first-order valence-corrected chi connectivity index (χ1v) is 8.28. The maximum Gasteiger partial charge on any atom is 0.0478 e. The predicted octanol–water partition coefficient (Wildman–Crippen LogP) is 6.41. The van der Waals surface area contributed by atoms with E-state index >= 15 is 0 Å². The quantitative estimate of drug-likeness (QED) is 0.451. The molecule has 4 rings (SSSR count). The molecular formula is C20H17NS. The van der Waals surface area contributed by atoms with Gasteiger partial charge in [0, 0.05) is 31.5 Å². The molecule has 0 saturated heterocycles. The third-order valence-electron chi connectivity index (χ3n) is 4.05. The molecule has 0 saturated carbocycles. The Hall–Kier alpha value is -2.32. The third-order valence-corrected chi connectivity index (χ3v) is 5.19. The SMILES string of the molecule is Cc1ccc(Nc2cccc3sc4ccccc4c23)c(C)c1. The Balaban J connectivity index is 1.91. The van der Waals surface area contributed by atoms with Crippen molar-refractivity contribution in [2.45, 2.75) is 13.8 Å². The van der Waals surface area contributed by atoms with Crippen molar-refractivity contribution in [3.8, 4) is 0 Å². The molecule has 4 aromatic rings. The van der Waals surface area contributed by atoms with Crippen molar-refractivity contribution >= 4 is 42.9 Å². The van der Waals surface area contributed by atoms with Crippen LogP contribution in [0.4, 0.5) is 11.4 Å². The molecule has 3 aromatic carbocycles. The van der Waals surface area contributed by atoms with E-state index in [0.717, 1.165) is 0 Å². The van der Waals surface area contributed by atoms with Crippen LogP contribution in [0.25, 0.3) is 20.2 Å². The molecule has 0 atom stereocenters. The van der Waals surface area contributed by atoms with Crippen LogP contribution in [-0.2, 0) is 0 Å². The minimum Gasteiger partial charge on any atom is -0.355 e. The second kappa shape index (κ2) is 5.15. The van der Waals surface area contributed by atoms with Crippen molar-refractivity contribution < 1.29 is 0 Å². The fourth-order valence-corrected chi connectivity index (χ4v) is 4.11. The molecule has 108 valence electrons. The molecule has 1 N–H and O–H groups in total. The van der Waals surface area contributed by atoms with Gasteiger partial charge in [-0.15, -0.1) is 11.3 Å². The van der Waals surface area contributed by atoms with Crippen molar-refractivity contribution in [3.05, 3.63) is 71.8 Å². The van der Waals surface area contributed by atoms with Crippen molar-refractivity contribution in [1.29, 1.82) is 0 Å². The van der Waals surface area contributed by atoms with E-state index in [1.165, 1.54) is 42.7 Å². The highest BCUT2D eigenvalue weighted by atomic mass is 32.1. The van der Waals surface area contributed by atoms with Gasteiger partial charge in [-0.1, -0.05) is 42.0 Å². The number of benzene rings is 3. The largest absolute Gasteiger partial charge is 0.355 e. The number of aryl methyl sites for hydroxylation is 2. The molecule has 0 bridgehead atoms. The van der Waals surface area contributed by atoms with Gasteiger partial charge in [-0.2, -0.15) is 0 Å². The Bertz CT molecular complexity index is 982. The van der Waals surface area contributed by atoms with Crippen LogP contribution in [0.15, 0.2) is 60.7 Å². The Morgan fingerprint density at radius 3 is 2.45 bits per heavy atom. The van der Waals surface area contributed by atoms with E-state index in [1.807, 2.05) is 11.3 Å². The summed E-state index contributed by atoms with van der Waals surface area (Å²) in [6.07, 6.45) is 0. The average molecular weight is 303 g/mol. The van der Waals surface area contributed by atoms with Crippen LogP contribution in [0, 0.1) is 13.8 Å². The third kappa shape index (κ3) is 2.16. The van der Waals surface area contributed by atoms with Gasteiger partial charge in [0.2, 0.25) is 0 Å². The number of rotatable bonds is 2. The number of anilines is 2. The zero-order valence-corrected chi connectivity index (χ0v) is 13.5. The molecule has 22 heavy (non-hydrogen) atoms. The van der Waals surface area contributed by atoms with Crippen LogP contribution in [0.5, 0.6) is 0 Å². The summed E-state index contributed by atoms with van der Waals surface area (Å²) < 4.78 is 2.67. The van der Waals surface area contributed by atoms with Gasteiger partial charge in [-0.25, -0.2) is 0 Å². The molecule has 0 amide bonds. The highest BCUT2D eigenvalue weighted by Crippen LogP contribution is 2.39. The van der Waals surface area contributed by atoms with E-state index in [-0.39, 0.29) is 0 Å². The molecule has 1 nitrogen and oxygen atoms in total. The Labute approximate surface area is 134 Å². The van der Waals surface area contributed by atoms with Crippen LogP contribution in [-0.4, -0.2) is 0 Å². The summed E-state index contributed by atoms with van der Waals surface area (Å²) in [6, 6.07) is 21.7. The smallest absolute Gasteiger partial charge is 0.0478 e. The summed E-state index contributed by atoms with van der Waals surface area (Å²) in [5.41, 5.74) is 4.93. The minimum atomic E-state index is 1.17. The lowest BCUT2D eigenvalue weighted by molar-refractivity contribution is 1.37. The van der Waals surface area contributed by atoms with E-state index in [0.29, 0.717) is 0 Å². The lowest BCUT2D eigenvalue weighted by Crippen LogP contribution is -1.94. The van der Waals surface area contributed by atoms with Gasteiger partial charge in [0.25, 0.3) is 0 Å². The Morgan fingerprint density at radius 1 is 0.773 bits per heavy atom. The molecule has 0 unspecified atom stereocenters. The van der Waals surface area contributed by atoms with Crippen LogP contribution < -0.4 is 5.32 Å². The van der Waals surface area contributed by atoms with Crippen LogP contribution in [0.1, 0.15) is 11.1 Å². The van der Waals surface area contributed by atoms with Crippen molar-refractivity contribution in [2.75, 3.05) is 5.32 Å². The van der Waals surface area contributed by atoms with E-state index in [2.05, 4.69) is 79.8 Å². The molecule has 0 radical (unpaired) electrons. The number of thiophene rings is 1. The summed E-state index contributed by atoms with van der Waals surface area (Å²) in [6.45, 7) is 4.28. The first-order valence-electron chi connectivity index (χ1n) is 7.47. The molecule has 0 spiro atoms. The highest BCUT2D eigenvalue weighted by Gasteiger charge is 2.09. The monoisotopic (exact) mass is 303 g/mol. The number of hydrogen-bond donors (Lipinski definition) is 1. The number of fused-ring (bicyclic) bond motifs is 3. The molecule has 0 fully saturated rings. The second-order valence-corrected chi connectivity index (χ2v) is 6.80. The van der Waals surface area contributed by atoms with E-state index in [9.17, 15) is 0 Å². The normalized spacial score (nSPS) is 11.2. The standard InChI is InChI=1S/C20H17NS/c1-13-10-11-16(14(2)12-13)21-17-7-5-9-19-20(17)15-6-3-4-8-18(15)22-19/h3-12,21H,1-2H3. The van der Waals surface area contributed by atoms with Crippen LogP contribution >= 0.6 is 11.3 Å². The van der Waals surface area contributed by atoms with Gasteiger partial charge < -0.3 is 5.32 Å². The summed E-state index contributed by atoms with van der Waals surface area (Å²) in [7, 11) is 0. The minimum absolute atomic E-state index is 1.17. The lowest BCUT2D eigenvalue weighted by atomic mass is 10.1. The summed E-state index contributed by atoms with van der Waals surface area (Å²) >= 11 is 1.85. The van der Waals surface area contributed by atoms with Gasteiger partial charge in [0.1, 0.15) is 0 Å². The Kier molecular flexibility index (Phi) is 3.12. The average Bonchev–Trinajstić information content (AvgIpc) is 2.89. The molecule has 0 aliphatic carbocycles. The van der Waals surface area contributed by atoms with E-state index in [4.69, 9.17) is 0 Å². The fourth-order valence-electron chi connectivity index (χ4n) is 2.98. The zero-order valence-electron chi connectivity index (χ0n) is 12.7. The van der Waals surface area contributed by atoms with Gasteiger partial charge in [0.05, 0.1) is 0 Å². The summed E-state index contributed by atoms with van der Waals surface area (Å²) in [4.78, 5) is 0. The van der Waals surface area contributed by atoms with E-state index < -0.39 is 0 Å². The predicted molar refractivity (Wildman–Crippen MR) is 98.5 cm³/mol. The fraction of sp³-hybridized carbons (Fsp3) is 0.100. The van der Waals surface area contributed by atoms with Gasteiger partial charge >= 0.3 is 0 Å². The summed E-state index contributed by atoms with van der Waals surface area (Å²) in [5, 5.41) is 6.28. The molecule has 1 aromatic heterocycles. The zero-order chi connectivity index (χ0) is 15.1. The molecule has 0 aliphatic heterocycles. The van der Waals surface area contributed by atoms with Crippen molar-refractivity contribution in [3.63, 3.8) is 0 Å². The molecule has 0 aliphatic rings. The molecule has 1 heterocycles. The van der Waals surface area contributed by atoms with Crippen LogP contribution in [0.3, 0.4) is 0 Å². The Morgan fingerprint density at radius 2 is 1.59 bits per heavy atom. The van der Waals surface area contributed by atoms with Crippen molar-refractivity contribution in [2.24, 2.45) is 0 Å². The number of hydrogen-bond acceptors (Lipinski definition) is 2. The topological polar surface area (TPSA) is 12.0 Å². The van der Waals surface area contributed by atoms with Crippen LogP contribution in [0.2, 0.25) is 0 Å². The first kappa shape index (κ1) is 13.4. The van der Waals surface area contributed by atoms with Crippen molar-refractivity contribution in [1.82, 2.24) is 0 Å². The maximum absolute atomic E-state index is 3.63. The lowest BCUT2D eigenvalue weighted by Gasteiger charge is -2.11. The number of nitrogens with one attached hydrogen (secondary N) is 1. The second-order valence-electron chi connectivity index (χ2n) is 5.72. The molecular weight excluding hydrogens is 286 g/mol. The maximum atomic E-state index is 3.63. The van der Waals surface area contributed by atoms with Gasteiger partial charge in [0.15, 0.2) is 0 Å². The highest BCUT2D eigenvalue weighted by molar-refractivity contribution is 7.25. The molecule has 2 heteroatoms. The first-order chi connectivity index (χ1) is 10.7. The summed E-state index contributed by atoms with van der Waals surface area (Å²) in [5.74, 6) is 0. The van der Waals surface area contributed by atoms with Gasteiger partial charge in [-0.05, 0) is 43.7 Å². The van der Waals surface area contributed by atoms with Gasteiger partial charge in [-0.3, -0.25) is 0 Å².